The van der Waals surface area contributed by atoms with E-state index >= 15 is 0 Å². The fraction of sp³-hybridized carbons (Fsp3) is 0.143. The number of pyridine rings is 1. The van der Waals surface area contributed by atoms with Crippen molar-refractivity contribution in [1.29, 1.82) is 0 Å². The Labute approximate surface area is 77.3 Å². The Bertz CT molecular complexity index is 319. The van der Waals surface area contributed by atoms with Gasteiger partial charge in [0.15, 0.2) is 0 Å². The number of nitrogens with zero attached hydrogens (tertiary/aromatic N) is 1. The van der Waals surface area contributed by atoms with E-state index in [0.717, 1.165) is 0 Å². The maximum Gasteiger partial charge on any atom is 0.290 e. The summed E-state index contributed by atoms with van der Waals surface area (Å²) >= 11 is 0.208. The monoisotopic (exact) mass is 204 g/mol. The number of carbonyl (C=O) groups is 1. The van der Waals surface area contributed by atoms with Crippen molar-refractivity contribution in [3.05, 3.63) is 23.9 Å². The molecule has 3 nitrogen and oxygen atoms in total. The third-order valence-corrected chi connectivity index (χ3v) is 1.96. The van der Waals surface area contributed by atoms with E-state index in [1.54, 1.807) is 0 Å². The Balaban J connectivity index is 2.98. The van der Waals surface area contributed by atoms with Gasteiger partial charge in [0, 0.05) is 6.20 Å². The van der Waals surface area contributed by atoms with Crippen LogP contribution in [0.3, 0.4) is 0 Å². The lowest BCUT2D eigenvalue weighted by atomic mass is 10.3. The third-order valence-electron chi connectivity index (χ3n) is 1.24. The number of halogens is 2. The maximum absolute atomic E-state index is 11.9. The van der Waals surface area contributed by atoms with Gasteiger partial charge in [-0.25, -0.2) is 4.98 Å². The molecule has 0 aliphatic carbocycles. The molecule has 0 saturated carbocycles. The summed E-state index contributed by atoms with van der Waals surface area (Å²) in [5.41, 5.74) is 4.97. The molecule has 2 N–H and O–H groups in total. The van der Waals surface area contributed by atoms with Crippen LogP contribution in [0.4, 0.5) is 8.78 Å². The van der Waals surface area contributed by atoms with Gasteiger partial charge in [-0.1, -0.05) is 0 Å². The molecule has 0 radical (unpaired) electrons. The lowest BCUT2D eigenvalue weighted by molar-refractivity contribution is 0.0997. The molecule has 0 unspecified atom stereocenters. The zero-order valence-electron chi connectivity index (χ0n) is 6.41. The number of aromatic nitrogens is 1. The molecular weight excluding hydrogens is 198 g/mol. The first-order chi connectivity index (χ1) is 6.11. The summed E-state index contributed by atoms with van der Waals surface area (Å²) in [6, 6.07) is 2.83. The summed E-state index contributed by atoms with van der Waals surface area (Å²) in [6.07, 6.45) is 1.33. The maximum atomic E-state index is 11.9. The average Bonchev–Trinajstić information content (AvgIpc) is 2.03. The van der Waals surface area contributed by atoms with Crippen molar-refractivity contribution < 1.29 is 13.6 Å². The highest BCUT2D eigenvalue weighted by Gasteiger charge is 2.13. The molecule has 1 amide bonds. The van der Waals surface area contributed by atoms with Gasteiger partial charge in [0.1, 0.15) is 5.03 Å². The average molecular weight is 204 g/mol. The standard InChI is InChI=1S/C7H6F2N2OS/c8-7(9)13-6-4(5(10)12)2-1-3-11-6/h1-3,7H,(H2,10,12). The van der Waals surface area contributed by atoms with E-state index in [-0.39, 0.29) is 22.4 Å². The van der Waals surface area contributed by atoms with Crippen LogP contribution in [0.1, 0.15) is 10.4 Å². The molecule has 0 aliphatic rings. The SMILES string of the molecule is NC(=O)c1cccnc1SC(F)F. The van der Waals surface area contributed by atoms with Gasteiger partial charge in [0.25, 0.3) is 11.7 Å². The Morgan fingerprint density at radius 1 is 1.62 bits per heavy atom. The summed E-state index contributed by atoms with van der Waals surface area (Å²) in [7, 11) is 0. The Morgan fingerprint density at radius 2 is 2.31 bits per heavy atom. The Hall–Kier alpha value is -1.17. The van der Waals surface area contributed by atoms with Crippen LogP contribution in [-0.4, -0.2) is 16.6 Å². The zero-order valence-corrected chi connectivity index (χ0v) is 7.22. The van der Waals surface area contributed by atoms with Crippen molar-refractivity contribution in [3.63, 3.8) is 0 Å². The van der Waals surface area contributed by atoms with E-state index in [9.17, 15) is 13.6 Å². The van der Waals surface area contributed by atoms with E-state index in [1.165, 1.54) is 18.3 Å². The third kappa shape index (κ3) is 2.66. The molecule has 0 spiro atoms. The quantitative estimate of drug-likeness (QED) is 0.759. The van der Waals surface area contributed by atoms with Crippen molar-refractivity contribution in [1.82, 2.24) is 4.98 Å². The lowest BCUT2D eigenvalue weighted by Gasteiger charge is -2.02. The van der Waals surface area contributed by atoms with Crippen LogP contribution in [-0.2, 0) is 0 Å². The fourth-order valence-electron chi connectivity index (χ4n) is 0.757. The number of thioether (sulfide) groups is 1. The highest BCUT2D eigenvalue weighted by atomic mass is 32.2. The predicted octanol–water partition coefficient (Wildman–Crippen LogP) is 1.50. The first kappa shape index (κ1) is 9.91. The number of primary amides is 1. The number of nitrogens with two attached hydrogens (primary N) is 1. The Kier molecular flexibility index (Phi) is 3.18. The molecule has 70 valence electrons. The summed E-state index contributed by atoms with van der Waals surface area (Å²) in [5, 5.41) is -0.0370. The van der Waals surface area contributed by atoms with Crippen LogP contribution < -0.4 is 5.73 Å². The van der Waals surface area contributed by atoms with Crippen LogP contribution in [0, 0.1) is 0 Å². The highest BCUT2D eigenvalue weighted by Crippen LogP contribution is 2.25. The van der Waals surface area contributed by atoms with Crippen molar-refractivity contribution >= 4 is 17.7 Å². The van der Waals surface area contributed by atoms with Gasteiger partial charge >= 0.3 is 0 Å². The first-order valence-corrected chi connectivity index (χ1v) is 4.19. The van der Waals surface area contributed by atoms with Gasteiger partial charge in [-0.15, -0.1) is 0 Å². The van der Waals surface area contributed by atoms with E-state index < -0.39 is 11.7 Å². The molecular formula is C7H6F2N2OS. The molecule has 0 fully saturated rings. The highest BCUT2D eigenvalue weighted by molar-refractivity contribution is 7.99. The molecule has 1 heterocycles. The van der Waals surface area contributed by atoms with E-state index in [4.69, 9.17) is 5.73 Å². The molecule has 0 saturated heterocycles. The molecule has 0 aromatic carbocycles. The van der Waals surface area contributed by atoms with Gasteiger partial charge in [-0.05, 0) is 23.9 Å². The van der Waals surface area contributed by atoms with Crippen molar-refractivity contribution in [2.75, 3.05) is 0 Å². The molecule has 0 aliphatic heterocycles. The minimum atomic E-state index is -2.60. The van der Waals surface area contributed by atoms with Crippen LogP contribution in [0.5, 0.6) is 0 Å². The molecule has 13 heavy (non-hydrogen) atoms. The summed E-state index contributed by atoms with van der Waals surface area (Å²) in [6.45, 7) is 0. The van der Waals surface area contributed by atoms with Gasteiger partial charge in [0.2, 0.25) is 0 Å². The number of amides is 1. The van der Waals surface area contributed by atoms with Crippen LogP contribution >= 0.6 is 11.8 Å². The zero-order chi connectivity index (χ0) is 9.84. The normalized spacial score (nSPS) is 10.4. The predicted molar refractivity (Wildman–Crippen MR) is 44.6 cm³/mol. The molecule has 1 rings (SSSR count). The van der Waals surface area contributed by atoms with Crippen LogP contribution in [0.2, 0.25) is 0 Å². The first-order valence-electron chi connectivity index (χ1n) is 3.31. The number of hydrogen-bond acceptors (Lipinski definition) is 3. The number of carbonyl (C=O) groups excluding carboxylic acids is 1. The largest absolute Gasteiger partial charge is 0.366 e. The van der Waals surface area contributed by atoms with E-state index in [0.29, 0.717) is 0 Å². The summed E-state index contributed by atoms with van der Waals surface area (Å²) < 4.78 is 23.9. The van der Waals surface area contributed by atoms with Crippen molar-refractivity contribution in [3.8, 4) is 0 Å². The van der Waals surface area contributed by atoms with Gasteiger partial charge in [0.05, 0.1) is 5.56 Å². The minimum absolute atomic E-state index is 0.0211. The second-order valence-electron chi connectivity index (χ2n) is 2.10. The number of rotatable bonds is 3. The van der Waals surface area contributed by atoms with E-state index in [1.807, 2.05) is 0 Å². The van der Waals surface area contributed by atoms with Gasteiger partial charge in [-0.3, -0.25) is 4.79 Å². The minimum Gasteiger partial charge on any atom is -0.366 e. The summed E-state index contributed by atoms with van der Waals surface area (Å²) in [5.74, 6) is -3.36. The second kappa shape index (κ2) is 4.18. The molecule has 1 aromatic rings. The molecule has 0 bridgehead atoms. The van der Waals surface area contributed by atoms with E-state index in [2.05, 4.69) is 4.98 Å². The van der Waals surface area contributed by atoms with Crippen molar-refractivity contribution in [2.24, 2.45) is 5.73 Å². The molecule has 1 aromatic heterocycles. The van der Waals surface area contributed by atoms with Crippen LogP contribution in [0.15, 0.2) is 23.4 Å². The number of alkyl halides is 2. The molecule has 6 heteroatoms. The van der Waals surface area contributed by atoms with Gasteiger partial charge in [-0.2, -0.15) is 8.78 Å². The molecule has 0 atom stereocenters. The summed E-state index contributed by atoms with van der Waals surface area (Å²) in [4.78, 5) is 14.3. The van der Waals surface area contributed by atoms with Crippen molar-refractivity contribution in [2.45, 2.75) is 10.8 Å². The number of hydrogen-bond donors (Lipinski definition) is 1. The van der Waals surface area contributed by atoms with Crippen LogP contribution in [0.25, 0.3) is 0 Å². The fourth-order valence-corrected chi connectivity index (χ4v) is 1.34. The lowest BCUT2D eigenvalue weighted by Crippen LogP contribution is -2.13. The van der Waals surface area contributed by atoms with Gasteiger partial charge < -0.3 is 5.73 Å². The second-order valence-corrected chi connectivity index (χ2v) is 3.08. The topological polar surface area (TPSA) is 56.0 Å². The Morgan fingerprint density at radius 3 is 2.85 bits per heavy atom. The smallest absolute Gasteiger partial charge is 0.290 e.